The molecule has 21 heavy (non-hydrogen) atoms. The number of nitrogens with one attached hydrogen (secondary N) is 2. The van der Waals surface area contributed by atoms with E-state index in [1.165, 1.54) is 42.7 Å². The van der Waals surface area contributed by atoms with Crippen molar-refractivity contribution in [3.8, 4) is 0 Å². The van der Waals surface area contributed by atoms with Gasteiger partial charge in [0.2, 0.25) is 0 Å². The average Bonchev–Trinajstić information content (AvgIpc) is 2.48. The number of pyridine rings is 1. The number of aryl methyl sites for hydroxylation is 2. The third kappa shape index (κ3) is 4.18. The summed E-state index contributed by atoms with van der Waals surface area (Å²) >= 11 is 0. The Balaban J connectivity index is 2.06. The third-order valence-corrected chi connectivity index (χ3v) is 4.11. The summed E-state index contributed by atoms with van der Waals surface area (Å²) in [4.78, 5) is 6.29. The first-order valence-corrected chi connectivity index (χ1v) is 8.09. The molecule has 1 aromatic heterocycles. The predicted octanol–water partition coefficient (Wildman–Crippen LogP) is 2.58. The lowest BCUT2D eigenvalue weighted by Gasteiger charge is -2.16. The minimum atomic E-state index is 1.02. The van der Waals surface area contributed by atoms with Crippen LogP contribution in [0.25, 0.3) is 10.9 Å². The molecule has 0 saturated carbocycles. The summed E-state index contributed by atoms with van der Waals surface area (Å²) in [5.41, 5.74) is 4.65. The van der Waals surface area contributed by atoms with Crippen LogP contribution < -0.4 is 10.2 Å². The second-order valence-corrected chi connectivity index (χ2v) is 5.82. The smallest absolute Gasteiger partial charge is 0.0787 e. The first-order valence-electron chi connectivity index (χ1n) is 8.09. The van der Waals surface area contributed by atoms with Crippen molar-refractivity contribution in [3.63, 3.8) is 0 Å². The van der Waals surface area contributed by atoms with Crippen molar-refractivity contribution in [1.82, 2.24) is 4.98 Å². The van der Waals surface area contributed by atoms with E-state index in [4.69, 9.17) is 0 Å². The molecule has 2 N–H and O–H groups in total. The zero-order valence-electron chi connectivity index (χ0n) is 13.8. The number of hydrogen-bond donors (Lipinski definition) is 2. The number of aromatic nitrogens is 1. The highest BCUT2D eigenvalue weighted by molar-refractivity contribution is 5.91. The summed E-state index contributed by atoms with van der Waals surface area (Å²) in [5, 5.41) is 4.84. The number of anilines is 1. The zero-order valence-corrected chi connectivity index (χ0v) is 13.8. The van der Waals surface area contributed by atoms with Gasteiger partial charge in [0.15, 0.2) is 0 Å². The van der Waals surface area contributed by atoms with E-state index in [-0.39, 0.29) is 0 Å². The second kappa shape index (κ2) is 7.41. The normalized spacial score (nSPS) is 11.3. The summed E-state index contributed by atoms with van der Waals surface area (Å²) in [6.07, 6.45) is 1.20. The van der Waals surface area contributed by atoms with Crippen molar-refractivity contribution in [2.75, 3.05) is 31.5 Å². The van der Waals surface area contributed by atoms with Gasteiger partial charge in [0.05, 0.1) is 25.2 Å². The lowest BCUT2D eigenvalue weighted by Crippen LogP contribution is -3.11. The molecular weight excluding hydrogens is 258 g/mol. The first-order chi connectivity index (χ1) is 10.1. The van der Waals surface area contributed by atoms with Gasteiger partial charge in [0.1, 0.15) is 0 Å². The molecule has 3 heteroatoms. The largest absolute Gasteiger partial charge is 0.384 e. The summed E-state index contributed by atoms with van der Waals surface area (Å²) in [5.74, 6) is 0. The number of rotatable bonds is 7. The van der Waals surface area contributed by atoms with Gasteiger partial charge in [-0.25, -0.2) is 0 Å². The highest BCUT2D eigenvalue weighted by atomic mass is 15.1. The third-order valence-electron chi connectivity index (χ3n) is 4.11. The van der Waals surface area contributed by atoms with Gasteiger partial charge in [-0.05, 0) is 45.9 Å². The van der Waals surface area contributed by atoms with Crippen LogP contribution >= 0.6 is 0 Å². The first kappa shape index (κ1) is 15.8. The Bertz CT molecular complexity index is 588. The molecular formula is C18H28N3+. The van der Waals surface area contributed by atoms with Gasteiger partial charge in [-0.2, -0.15) is 0 Å². The summed E-state index contributed by atoms with van der Waals surface area (Å²) in [7, 11) is 0. The maximum absolute atomic E-state index is 4.62. The summed E-state index contributed by atoms with van der Waals surface area (Å²) < 4.78 is 0. The van der Waals surface area contributed by atoms with E-state index in [2.05, 4.69) is 62.3 Å². The molecule has 0 saturated heterocycles. The fourth-order valence-corrected chi connectivity index (χ4v) is 2.78. The van der Waals surface area contributed by atoms with Crippen LogP contribution in [-0.2, 0) is 0 Å². The van der Waals surface area contributed by atoms with Gasteiger partial charge in [-0.1, -0.05) is 11.6 Å². The van der Waals surface area contributed by atoms with Crippen LogP contribution in [0.1, 0.15) is 31.5 Å². The Morgan fingerprint density at radius 1 is 1.10 bits per heavy atom. The van der Waals surface area contributed by atoms with Crippen LogP contribution in [0.4, 0.5) is 5.69 Å². The molecule has 114 valence electrons. The van der Waals surface area contributed by atoms with Crippen molar-refractivity contribution in [2.45, 2.75) is 34.1 Å². The highest BCUT2D eigenvalue weighted by Crippen LogP contribution is 2.24. The average molecular weight is 286 g/mol. The summed E-state index contributed by atoms with van der Waals surface area (Å²) in [6, 6.07) is 8.62. The van der Waals surface area contributed by atoms with E-state index >= 15 is 0 Å². The highest BCUT2D eigenvalue weighted by Gasteiger charge is 2.05. The summed E-state index contributed by atoms with van der Waals surface area (Å²) in [6.45, 7) is 13.4. The molecule has 0 amide bonds. The number of hydrogen-bond acceptors (Lipinski definition) is 2. The lowest BCUT2D eigenvalue weighted by atomic mass is 10.1. The van der Waals surface area contributed by atoms with Crippen molar-refractivity contribution < 1.29 is 4.90 Å². The minimum Gasteiger partial charge on any atom is -0.384 e. The van der Waals surface area contributed by atoms with Crippen molar-refractivity contribution in [1.29, 1.82) is 0 Å². The molecule has 0 spiro atoms. The Hall–Kier alpha value is -1.61. The Kier molecular flexibility index (Phi) is 5.57. The zero-order chi connectivity index (χ0) is 15.2. The van der Waals surface area contributed by atoms with E-state index in [9.17, 15) is 0 Å². The molecule has 1 heterocycles. The molecule has 0 aliphatic heterocycles. The van der Waals surface area contributed by atoms with Crippen LogP contribution in [0, 0.1) is 13.8 Å². The minimum absolute atomic E-state index is 1.02. The Labute approximate surface area is 128 Å². The van der Waals surface area contributed by atoms with Crippen LogP contribution in [0.2, 0.25) is 0 Å². The second-order valence-electron chi connectivity index (χ2n) is 5.82. The van der Waals surface area contributed by atoms with E-state index in [1.807, 2.05) is 0 Å². The molecule has 1 aromatic carbocycles. The molecule has 0 unspecified atom stereocenters. The number of fused-ring (bicyclic) bond motifs is 1. The Morgan fingerprint density at radius 2 is 1.86 bits per heavy atom. The van der Waals surface area contributed by atoms with Gasteiger partial charge in [-0.3, -0.25) is 4.98 Å². The molecule has 0 aliphatic carbocycles. The van der Waals surface area contributed by atoms with Crippen molar-refractivity contribution in [3.05, 3.63) is 35.5 Å². The van der Waals surface area contributed by atoms with Gasteiger partial charge in [-0.15, -0.1) is 0 Å². The number of nitrogens with zero attached hydrogens (tertiary/aromatic N) is 1. The van der Waals surface area contributed by atoms with Gasteiger partial charge in [0.25, 0.3) is 0 Å². The van der Waals surface area contributed by atoms with E-state index in [0.29, 0.717) is 0 Å². The predicted molar refractivity (Wildman–Crippen MR) is 91.2 cm³/mol. The molecule has 0 atom stereocenters. The van der Waals surface area contributed by atoms with Crippen molar-refractivity contribution in [2.24, 2.45) is 0 Å². The molecule has 0 fully saturated rings. The number of quaternary nitrogens is 1. The Morgan fingerprint density at radius 3 is 2.57 bits per heavy atom. The fourth-order valence-electron chi connectivity index (χ4n) is 2.78. The van der Waals surface area contributed by atoms with Crippen LogP contribution in [-0.4, -0.2) is 31.2 Å². The molecule has 2 aromatic rings. The van der Waals surface area contributed by atoms with Crippen molar-refractivity contribution >= 4 is 16.6 Å². The van der Waals surface area contributed by atoms with Gasteiger partial charge >= 0.3 is 0 Å². The fraction of sp³-hybridized carbons (Fsp3) is 0.500. The van der Waals surface area contributed by atoms with Crippen LogP contribution in [0.5, 0.6) is 0 Å². The SMILES string of the molecule is CC[NH+](CC)CCCNc1cc(C)nc2ccc(C)cc12. The standard InChI is InChI=1S/C18H27N3/c1-5-21(6-2)11-7-10-19-18-13-15(4)20-17-9-8-14(3)12-16(17)18/h8-9,12-13H,5-7,10-11H2,1-4H3,(H,19,20)/p+1. The monoisotopic (exact) mass is 286 g/mol. The number of benzene rings is 1. The van der Waals surface area contributed by atoms with Crippen LogP contribution in [0.15, 0.2) is 24.3 Å². The van der Waals surface area contributed by atoms with Gasteiger partial charge in [0, 0.05) is 29.7 Å². The quantitative estimate of drug-likeness (QED) is 0.766. The van der Waals surface area contributed by atoms with E-state index in [0.717, 1.165) is 17.8 Å². The molecule has 2 rings (SSSR count). The maximum atomic E-state index is 4.62. The van der Waals surface area contributed by atoms with E-state index in [1.54, 1.807) is 4.90 Å². The molecule has 0 radical (unpaired) electrons. The van der Waals surface area contributed by atoms with E-state index < -0.39 is 0 Å². The molecule has 3 nitrogen and oxygen atoms in total. The van der Waals surface area contributed by atoms with Crippen LogP contribution in [0.3, 0.4) is 0 Å². The lowest BCUT2D eigenvalue weighted by molar-refractivity contribution is -0.896. The topological polar surface area (TPSA) is 29.4 Å². The maximum Gasteiger partial charge on any atom is 0.0787 e. The molecule has 0 aliphatic rings. The molecule has 0 bridgehead atoms. The van der Waals surface area contributed by atoms with Gasteiger partial charge < -0.3 is 10.2 Å².